The van der Waals surface area contributed by atoms with Crippen molar-refractivity contribution in [2.75, 3.05) is 5.32 Å². The van der Waals surface area contributed by atoms with Crippen molar-refractivity contribution in [2.24, 2.45) is 0 Å². The lowest BCUT2D eigenvalue weighted by atomic mass is 10.2. The Balaban J connectivity index is 2.30. The predicted molar refractivity (Wildman–Crippen MR) is 65.3 cm³/mol. The van der Waals surface area contributed by atoms with Crippen molar-refractivity contribution >= 4 is 27.5 Å². The van der Waals surface area contributed by atoms with E-state index >= 15 is 0 Å². The summed E-state index contributed by atoms with van der Waals surface area (Å²) in [5.41, 5.74) is 0.233. The molecule has 2 aromatic rings. The number of anilines is 1. The molecule has 0 aliphatic heterocycles. The van der Waals surface area contributed by atoms with Crippen LogP contribution in [0.2, 0.25) is 0 Å². The molecule has 94 valence electrons. The van der Waals surface area contributed by atoms with Crippen molar-refractivity contribution in [1.29, 1.82) is 0 Å². The Bertz CT molecular complexity index is 612. The number of H-pyrrole nitrogens is 1. The molecule has 7 heteroatoms. The molecule has 0 saturated heterocycles. The molecule has 0 bridgehead atoms. The van der Waals surface area contributed by atoms with E-state index in [1.54, 1.807) is 6.92 Å². The fraction of sp³-hybridized carbons (Fsp3) is 0.0909. The highest BCUT2D eigenvalue weighted by Crippen LogP contribution is 2.26. The maximum absolute atomic E-state index is 13.6. The molecule has 0 unspecified atom stereocenters. The third kappa shape index (κ3) is 2.40. The fourth-order valence-electron chi connectivity index (χ4n) is 1.35. The lowest BCUT2D eigenvalue weighted by Gasteiger charge is -2.07. The van der Waals surface area contributed by atoms with E-state index < -0.39 is 23.2 Å². The monoisotopic (exact) mass is 315 g/mol. The summed E-state index contributed by atoms with van der Waals surface area (Å²) in [5.74, 6) is -2.40. The molecule has 0 spiro atoms. The number of benzene rings is 1. The third-order valence-electron chi connectivity index (χ3n) is 2.22. The van der Waals surface area contributed by atoms with E-state index in [0.29, 0.717) is 5.69 Å². The topological polar surface area (TPSA) is 57.8 Å². The molecule has 1 aromatic carbocycles. The molecular weight excluding hydrogens is 308 g/mol. The van der Waals surface area contributed by atoms with Crippen LogP contribution in [0.3, 0.4) is 0 Å². The van der Waals surface area contributed by atoms with E-state index in [-0.39, 0.29) is 10.2 Å². The van der Waals surface area contributed by atoms with Crippen LogP contribution in [0.15, 0.2) is 22.7 Å². The Morgan fingerprint density at radius 3 is 2.78 bits per heavy atom. The van der Waals surface area contributed by atoms with Crippen LogP contribution in [0.4, 0.5) is 14.5 Å². The zero-order valence-corrected chi connectivity index (χ0v) is 10.8. The Labute approximate surface area is 110 Å². The molecule has 2 rings (SSSR count). The Morgan fingerprint density at radius 2 is 2.17 bits per heavy atom. The number of carbonyl (C=O) groups excluding carboxylic acids is 1. The number of amides is 1. The molecule has 1 aromatic heterocycles. The summed E-state index contributed by atoms with van der Waals surface area (Å²) >= 11 is 2.92. The number of aromatic amines is 1. The van der Waals surface area contributed by atoms with Crippen LogP contribution in [0.25, 0.3) is 0 Å². The predicted octanol–water partition coefficient (Wildman–Crippen LogP) is 3.01. The van der Waals surface area contributed by atoms with E-state index in [1.165, 1.54) is 12.1 Å². The smallest absolute Gasteiger partial charge is 0.276 e. The number of rotatable bonds is 2. The molecule has 0 aliphatic carbocycles. The average Bonchev–Trinajstić information content (AvgIpc) is 2.76. The maximum Gasteiger partial charge on any atom is 0.276 e. The second-order valence-electron chi connectivity index (χ2n) is 3.61. The summed E-state index contributed by atoms with van der Waals surface area (Å²) < 4.78 is 27.1. The quantitative estimate of drug-likeness (QED) is 0.837. The lowest BCUT2D eigenvalue weighted by Crippen LogP contribution is -2.15. The summed E-state index contributed by atoms with van der Waals surface area (Å²) in [4.78, 5) is 11.7. The number of aryl methyl sites for hydroxylation is 1. The first kappa shape index (κ1) is 12.7. The van der Waals surface area contributed by atoms with Crippen LogP contribution in [0.5, 0.6) is 0 Å². The zero-order valence-electron chi connectivity index (χ0n) is 9.22. The molecule has 0 aliphatic rings. The van der Waals surface area contributed by atoms with Gasteiger partial charge in [-0.15, -0.1) is 0 Å². The highest BCUT2D eigenvalue weighted by Gasteiger charge is 2.17. The van der Waals surface area contributed by atoms with Gasteiger partial charge in [-0.1, -0.05) is 0 Å². The number of hydrogen-bond donors (Lipinski definition) is 2. The molecular formula is C11H8BrF2N3O. The van der Waals surface area contributed by atoms with Gasteiger partial charge in [0.25, 0.3) is 5.91 Å². The van der Waals surface area contributed by atoms with Gasteiger partial charge in [-0.05, 0) is 41.1 Å². The molecule has 0 radical (unpaired) electrons. The van der Waals surface area contributed by atoms with Gasteiger partial charge in [0, 0.05) is 5.69 Å². The van der Waals surface area contributed by atoms with Gasteiger partial charge in [-0.25, -0.2) is 8.78 Å². The molecule has 18 heavy (non-hydrogen) atoms. The average molecular weight is 316 g/mol. The van der Waals surface area contributed by atoms with Crippen LogP contribution in [0.1, 0.15) is 16.2 Å². The molecule has 1 amide bonds. The van der Waals surface area contributed by atoms with Crippen molar-refractivity contribution < 1.29 is 13.6 Å². The van der Waals surface area contributed by atoms with Crippen molar-refractivity contribution in [3.63, 3.8) is 0 Å². The SMILES string of the molecule is Cc1cc(C(=O)Nc2c(F)ccc(Br)c2F)n[nH]1. The first-order chi connectivity index (χ1) is 8.49. The fourth-order valence-corrected chi connectivity index (χ4v) is 1.68. The van der Waals surface area contributed by atoms with Crippen molar-refractivity contribution in [2.45, 2.75) is 6.92 Å². The van der Waals surface area contributed by atoms with Crippen LogP contribution in [-0.4, -0.2) is 16.1 Å². The first-order valence-corrected chi connectivity index (χ1v) is 5.75. The van der Waals surface area contributed by atoms with E-state index in [2.05, 4.69) is 31.4 Å². The maximum atomic E-state index is 13.6. The first-order valence-electron chi connectivity index (χ1n) is 4.96. The highest BCUT2D eigenvalue weighted by atomic mass is 79.9. The summed E-state index contributed by atoms with van der Waals surface area (Å²) in [6, 6.07) is 3.75. The molecule has 1 heterocycles. The van der Waals surface area contributed by atoms with E-state index in [9.17, 15) is 13.6 Å². The van der Waals surface area contributed by atoms with Gasteiger partial charge >= 0.3 is 0 Å². The van der Waals surface area contributed by atoms with E-state index in [4.69, 9.17) is 0 Å². The van der Waals surface area contributed by atoms with Gasteiger partial charge in [0.1, 0.15) is 11.5 Å². The number of nitrogens with zero attached hydrogens (tertiary/aromatic N) is 1. The van der Waals surface area contributed by atoms with Gasteiger partial charge in [0.05, 0.1) is 4.47 Å². The van der Waals surface area contributed by atoms with Crippen LogP contribution >= 0.6 is 15.9 Å². The molecule has 2 N–H and O–H groups in total. The number of hydrogen-bond acceptors (Lipinski definition) is 2. The van der Waals surface area contributed by atoms with Crippen LogP contribution in [-0.2, 0) is 0 Å². The molecule has 4 nitrogen and oxygen atoms in total. The summed E-state index contributed by atoms with van der Waals surface area (Å²) in [7, 11) is 0. The lowest BCUT2D eigenvalue weighted by molar-refractivity contribution is 0.102. The second-order valence-corrected chi connectivity index (χ2v) is 4.46. The summed E-state index contributed by atoms with van der Waals surface area (Å²) in [6.45, 7) is 1.71. The van der Waals surface area contributed by atoms with Crippen LogP contribution < -0.4 is 5.32 Å². The van der Waals surface area contributed by atoms with Gasteiger partial charge in [-0.3, -0.25) is 9.89 Å². The standard InChI is InChI=1S/C11H8BrF2N3O/c1-5-4-8(17-16-5)11(18)15-10-7(13)3-2-6(12)9(10)14/h2-4H,1H3,(H,15,18)(H,16,17). The van der Waals surface area contributed by atoms with E-state index in [0.717, 1.165) is 6.07 Å². The number of aromatic nitrogens is 2. The normalized spacial score (nSPS) is 10.4. The van der Waals surface area contributed by atoms with Crippen molar-refractivity contribution in [1.82, 2.24) is 10.2 Å². The summed E-state index contributed by atoms with van der Waals surface area (Å²) in [5, 5.41) is 8.42. The molecule has 0 fully saturated rings. The largest absolute Gasteiger partial charge is 0.316 e. The Hall–Kier alpha value is -1.76. The number of halogens is 3. The van der Waals surface area contributed by atoms with Gasteiger partial charge in [0.2, 0.25) is 0 Å². The van der Waals surface area contributed by atoms with Gasteiger partial charge in [-0.2, -0.15) is 5.10 Å². The minimum atomic E-state index is -0.865. The Morgan fingerprint density at radius 1 is 1.44 bits per heavy atom. The zero-order chi connectivity index (χ0) is 13.3. The number of nitrogens with one attached hydrogen (secondary N) is 2. The molecule has 0 saturated carbocycles. The second kappa shape index (κ2) is 4.85. The van der Waals surface area contributed by atoms with Gasteiger partial charge < -0.3 is 5.32 Å². The Kier molecular flexibility index (Phi) is 3.42. The van der Waals surface area contributed by atoms with Crippen LogP contribution in [0, 0.1) is 18.6 Å². The highest BCUT2D eigenvalue weighted by molar-refractivity contribution is 9.10. The molecule has 0 atom stereocenters. The summed E-state index contributed by atoms with van der Waals surface area (Å²) in [6.07, 6.45) is 0. The van der Waals surface area contributed by atoms with Crippen molar-refractivity contribution in [3.05, 3.63) is 45.7 Å². The van der Waals surface area contributed by atoms with Crippen molar-refractivity contribution in [3.8, 4) is 0 Å². The number of carbonyl (C=O) groups is 1. The van der Waals surface area contributed by atoms with Gasteiger partial charge in [0.15, 0.2) is 11.5 Å². The third-order valence-corrected chi connectivity index (χ3v) is 2.83. The minimum Gasteiger partial charge on any atom is -0.316 e. The minimum absolute atomic E-state index is 0.0614. The van der Waals surface area contributed by atoms with E-state index in [1.807, 2.05) is 0 Å².